The van der Waals surface area contributed by atoms with Crippen LogP contribution < -0.4 is 19.9 Å². The number of aromatic amines is 1. The molecule has 1 aromatic carbocycles. The molecule has 2 heterocycles. The van der Waals surface area contributed by atoms with Gasteiger partial charge in [0, 0.05) is 22.4 Å². The Balaban J connectivity index is 2.35. The number of primary amides is 1. The molecule has 0 spiro atoms. The number of rotatable bonds is 4. The highest BCUT2D eigenvalue weighted by molar-refractivity contribution is 7.89. The highest BCUT2D eigenvalue weighted by Gasteiger charge is 2.18. The molecule has 0 atom stereocenters. The van der Waals surface area contributed by atoms with Gasteiger partial charge in [-0.3, -0.25) is 0 Å². The van der Waals surface area contributed by atoms with Crippen molar-refractivity contribution in [2.45, 2.75) is 4.90 Å². The van der Waals surface area contributed by atoms with Crippen LogP contribution in [-0.4, -0.2) is 38.6 Å². The maximum absolute atomic E-state index is 12.0. The van der Waals surface area contributed by atoms with Crippen molar-refractivity contribution in [1.82, 2.24) is 14.7 Å². The summed E-state index contributed by atoms with van der Waals surface area (Å²) in [6.45, 7) is 0. The Hall–Kier alpha value is -2.85. The van der Waals surface area contributed by atoms with Gasteiger partial charge in [-0.15, -0.1) is 0 Å². The molecule has 3 rings (SSSR count). The second-order valence-corrected chi connectivity index (χ2v) is 6.74. The van der Waals surface area contributed by atoms with E-state index < -0.39 is 16.1 Å². The van der Waals surface area contributed by atoms with Gasteiger partial charge < -0.3 is 20.2 Å². The van der Waals surface area contributed by atoms with E-state index >= 15 is 0 Å². The Labute approximate surface area is 136 Å². The lowest BCUT2D eigenvalue weighted by Crippen LogP contribution is -2.18. The largest absolute Gasteiger partial charge is 0.481 e. The van der Waals surface area contributed by atoms with Crippen LogP contribution in [-0.2, 0) is 10.0 Å². The number of nitrogens with zero attached hydrogens (tertiary/aromatic N) is 1. The third kappa shape index (κ3) is 2.61. The Morgan fingerprint density at radius 3 is 2.67 bits per heavy atom. The summed E-state index contributed by atoms with van der Waals surface area (Å²) in [6.07, 6.45) is -1.02. The number of carbonyl (C=O) groups is 1. The molecule has 0 fully saturated rings. The number of pyridine rings is 1. The van der Waals surface area contributed by atoms with Crippen LogP contribution in [0.5, 0.6) is 11.8 Å². The number of amides is 1. The van der Waals surface area contributed by atoms with E-state index in [1.807, 2.05) is 0 Å². The highest BCUT2D eigenvalue weighted by Crippen LogP contribution is 2.34. The van der Waals surface area contributed by atoms with Crippen molar-refractivity contribution in [2.24, 2.45) is 5.73 Å². The predicted octanol–water partition coefficient (Wildman–Crippen LogP) is 1.09. The fraction of sp³-hybridized carbons (Fsp3) is 0.143. The Bertz CT molecular complexity index is 1060. The van der Waals surface area contributed by atoms with Gasteiger partial charge in [0.1, 0.15) is 5.52 Å². The molecule has 4 N–H and O–H groups in total. The van der Waals surface area contributed by atoms with Gasteiger partial charge in [-0.05, 0) is 25.2 Å². The summed E-state index contributed by atoms with van der Waals surface area (Å²) in [5.74, 6) is 0.146. The highest BCUT2D eigenvalue weighted by atomic mass is 32.2. The first-order valence-corrected chi connectivity index (χ1v) is 8.25. The van der Waals surface area contributed by atoms with E-state index in [0.717, 1.165) is 0 Å². The minimum Gasteiger partial charge on any atom is -0.481 e. The van der Waals surface area contributed by atoms with Gasteiger partial charge in [0.25, 0.3) is 5.88 Å². The number of sulfonamides is 1. The molecule has 2 aromatic heterocycles. The van der Waals surface area contributed by atoms with Crippen molar-refractivity contribution in [3.8, 4) is 11.8 Å². The summed E-state index contributed by atoms with van der Waals surface area (Å²) >= 11 is 0. The number of methoxy groups -OCH3 is 1. The summed E-state index contributed by atoms with van der Waals surface area (Å²) < 4.78 is 36.2. The minimum absolute atomic E-state index is 0.0499. The minimum atomic E-state index is -3.60. The van der Waals surface area contributed by atoms with Gasteiger partial charge in [-0.1, -0.05) is 0 Å². The third-order valence-electron chi connectivity index (χ3n) is 3.49. The zero-order valence-corrected chi connectivity index (χ0v) is 13.6. The van der Waals surface area contributed by atoms with E-state index in [0.29, 0.717) is 21.8 Å². The lowest BCUT2D eigenvalue weighted by Gasteiger charge is -2.05. The van der Waals surface area contributed by atoms with Crippen LogP contribution in [0.1, 0.15) is 0 Å². The second kappa shape index (κ2) is 5.65. The SMILES string of the molecule is CNS(=O)(=O)c1ccc2[nH]c3c(OC(N)=O)nc(OC)cc3c2c1. The molecular weight excluding hydrogens is 336 g/mol. The molecule has 0 aliphatic rings. The van der Waals surface area contributed by atoms with E-state index in [4.69, 9.17) is 15.2 Å². The third-order valence-corrected chi connectivity index (χ3v) is 4.90. The molecule has 3 aromatic rings. The summed E-state index contributed by atoms with van der Waals surface area (Å²) in [5, 5.41) is 1.19. The van der Waals surface area contributed by atoms with Gasteiger partial charge in [0.05, 0.1) is 12.0 Å². The lowest BCUT2D eigenvalue weighted by atomic mass is 10.2. The molecule has 10 heteroatoms. The van der Waals surface area contributed by atoms with E-state index in [-0.39, 0.29) is 16.7 Å². The van der Waals surface area contributed by atoms with Gasteiger partial charge >= 0.3 is 6.09 Å². The Kier molecular flexibility index (Phi) is 3.78. The number of benzene rings is 1. The van der Waals surface area contributed by atoms with E-state index in [1.54, 1.807) is 12.1 Å². The maximum Gasteiger partial charge on any atom is 0.411 e. The predicted molar refractivity (Wildman–Crippen MR) is 86.6 cm³/mol. The number of aromatic nitrogens is 2. The zero-order chi connectivity index (χ0) is 17.5. The summed E-state index contributed by atoms with van der Waals surface area (Å²) in [5.41, 5.74) is 6.11. The van der Waals surface area contributed by atoms with Crippen LogP contribution in [0.3, 0.4) is 0 Å². The first kappa shape index (κ1) is 16.0. The van der Waals surface area contributed by atoms with Gasteiger partial charge in [-0.2, -0.15) is 4.98 Å². The fourth-order valence-corrected chi connectivity index (χ4v) is 3.14. The van der Waals surface area contributed by atoms with Crippen LogP contribution in [0, 0.1) is 0 Å². The maximum atomic E-state index is 12.0. The van der Waals surface area contributed by atoms with E-state index in [2.05, 4.69) is 14.7 Å². The van der Waals surface area contributed by atoms with Crippen molar-refractivity contribution in [3.63, 3.8) is 0 Å². The van der Waals surface area contributed by atoms with E-state index in [9.17, 15) is 13.2 Å². The molecule has 0 aliphatic heterocycles. The molecule has 0 saturated heterocycles. The van der Waals surface area contributed by atoms with Crippen LogP contribution in [0.2, 0.25) is 0 Å². The molecule has 0 bridgehead atoms. The first-order valence-electron chi connectivity index (χ1n) is 6.77. The second-order valence-electron chi connectivity index (χ2n) is 4.85. The average Bonchev–Trinajstić information content (AvgIpc) is 2.92. The summed E-state index contributed by atoms with van der Waals surface area (Å²) in [4.78, 5) is 18.2. The van der Waals surface area contributed by atoms with Crippen molar-refractivity contribution in [1.29, 1.82) is 0 Å². The van der Waals surface area contributed by atoms with Crippen molar-refractivity contribution in [2.75, 3.05) is 14.2 Å². The van der Waals surface area contributed by atoms with Gasteiger partial charge in [0.2, 0.25) is 15.9 Å². The lowest BCUT2D eigenvalue weighted by molar-refractivity contribution is 0.209. The van der Waals surface area contributed by atoms with Crippen LogP contribution in [0.15, 0.2) is 29.2 Å². The Morgan fingerprint density at radius 2 is 2.04 bits per heavy atom. The summed E-state index contributed by atoms with van der Waals surface area (Å²) in [6, 6.07) is 6.19. The Morgan fingerprint density at radius 1 is 1.29 bits per heavy atom. The molecule has 9 nitrogen and oxygen atoms in total. The number of hydrogen-bond donors (Lipinski definition) is 3. The number of fused-ring (bicyclic) bond motifs is 3. The standard InChI is InChI=1S/C14H14N4O5S/c1-16-24(20,21)7-3-4-10-8(5-7)9-6-11(22-2)18-13(12(9)17-10)23-14(15)19/h3-6,16-17H,1-2H3,(H2,15,19). The molecule has 0 aliphatic carbocycles. The van der Waals surface area contributed by atoms with Crippen molar-refractivity contribution < 1.29 is 22.7 Å². The monoisotopic (exact) mass is 350 g/mol. The number of nitrogens with one attached hydrogen (secondary N) is 2. The quantitative estimate of drug-likeness (QED) is 0.644. The molecule has 1 amide bonds. The molecule has 0 radical (unpaired) electrons. The first-order chi connectivity index (χ1) is 11.4. The molecule has 24 heavy (non-hydrogen) atoms. The molecule has 0 saturated carbocycles. The van der Waals surface area contributed by atoms with Gasteiger partial charge in [-0.25, -0.2) is 17.9 Å². The van der Waals surface area contributed by atoms with E-state index in [1.165, 1.54) is 26.3 Å². The molecule has 0 unspecified atom stereocenters. The zero-order valence-electron chi connectivity index (χ0n) is 12.8. The van der Waals surface area contributed by atoms with Gasteiger partial charge in [0.15, 0.2) is 0 Å². The van der Waals surface area contributed by atoms with Crippen LogP contribution >= 0.6 is 0 Å². The van der Waals surface area contributed by atoms with Crippen LogP contribution in [0.25, 0.3) is 21.8 Å². The number of H-pyrrole nitrogens is 1. The average molecular weight is 350 g/mol. The smallest absolute Gasteiger partial charge is 0.411 e. The number of carbonyl (C=O) groups excluding carboxylic acids is 1. The number of nitrogens with two attached hydrogens (primary N) is 1. The number of ether oxygens (including phenoxy) is 2. The fourth-order valence-electron chi connectivity index (χ4n) is 2.38. The topological polar surface area (TPSA) is 136 Å². The van der Waals surface area contributed by atoms with Crippen LogP contribution in [0.4, 0.5) is 4.79 Å². The van der Waals surface area contributed by atoms with Crippen molar-refractivity contribution in [3.05, 3.63) is 24.3 Å². The van der Waals surface area contributed by atoms with Crippen molar-refractivity contribution >= 4 is 37.9 Å². The molecular formula is C14H14N4O5S. The number of hydrogen-bond acceptors (Lipinski definition) is 6. The molecule has 126 valence electrons. The summed E-state index contributed by atoms with van der Waals surface area (Å²) in [7, 11) is -0.853. The normalized spacial score (nSPS) is 11.8.